The minimum atomic E-state index is -2.03. The van der Waals surface area contributed by atoms with Crippen LogP contribution in [0.4, 0.5) is 4.39 Å². The zero-order chi connectivity index (χ0) is 32.7. The maximum absolute atomic E-state index is 15.2. The summed E-state index contributed by atoms with van der Waals surface area (Å²) >= 11 is 0. The van der Waals surface area contributed by atoms with E-state index in [4.69, 9.17) is 23.4 Å². The van der Waals surface area contributed by atoms with Crippen molar-refractivity contribution in [1.82, 2.24) is 19.9 Å². The Labute approximate surface area is 271 Å². The molecule has 1 N–H and O–H groups in total. The molecule has 0 saturated carbocycles. The fraction of sp³-hybridized carbons (Fsp3) is 0.486. The number of aromatic nitrogens is 3. The number of nitrogens with zero attached hydrogens (tertiary/aromatic N) is 3. The van der Waals surface area contributed by atoms with E-state index >= 15 is 4.39 Å². The highest BCUT2D eigenvalue weighted by Gasteiger charge is 2.55. The van der Waals surface area contributed by atoms with E-state index in [0.29, 0.717) is 24.2 Å². The number of fused-ring (bicyclic) bond motifs is 2. The van der Waals surface area contributed by atoms with Gasteiger partial charge in [-0.15, -0.1) is 0 Å². The third-order valence-corrected chi connectivity index (χ3v) is 13.8. The summed E-state index contributed by atoms with van der Waals surface area (Å²) in [5.41, 5.74) is 3.74. The molecule has 4 heterocycles. The Kier molecular flexibility index (Phi) is 9.09. The molecule has 246 valence electrons. The Morgan fingerprint density at radius 3 is 2.22 bits per heavy atom. The summed E-state index contributed by atoms with van der Waals surface area (Å²) in [7, 11) is -2.03. The molecule has 2 aliphatic rings. The highest BCUT2D eigenvalue weighted by molar-refractivity contribution is 6.74. The van der Waals surface area contributed by atoms with Crippen LogP contribution in [-0.2, 0) is 38.6 Å². The Morgan fingerprint density at radius 1 is 0.935 bits per heavy atom. The summed E-state index contributed by atoms with van der Waals surface area (Å²) < 4.78 is 49.0. The van der Waals surface area contributed by atoms with Gasteiger partial charge in [0.2, 0.25) is 5.88 Å². The number of hydrogen-bond donors (Lipinski definition) is 1. The zero-order valence-corrected chi connectivity index (χ0v) is 28.7. The van der Waals surface area contributed by atoms with Crippen LogP contribution in [0.15, 0.2) is 66.9 Å². The molecule has 2 aliphatic heterocycles. The molecule has 0 spiro atoms. The third-order valence-electron chi connectivity index (χ3n) is 9.29. The smallest absolute Gasteiger partial charge is 0.312 e. The monoisotopic (exact) mass is 648 g/mol. The molecule has 4 atom stereocenters. The van der Waals surface area contributed by atoms with Crippen molar-refractivity contribution in [3.63, 3.8) is 0 Å². The molecule has 46 heavy (non-hydrogen) atoms. The van der Waals surface area contributed by atoms with Crippen molar-refractivity contribution >= 4 is 19.4 Å². The third kappa shape index (κ3) is 6.90. The lowest BCUT2D eigenvalue weighted by molar-refractivity contribution is -0.157. The highest BCUT2D eigenvalue weighted by atomic mass is 28.4. The topological polar surface area (TPSA) is 88.9 Å². The van der Waals surface area contributed by atoms with Crippen molar-refractivity contribution in [3.05, 3.63) is 89.6 Å². The van der Waals surface area contributed by atoms with Gasteiger partial charge in [0, 0.05) is 11.8 Å². The van der Waals surface area contributed by atoms with E-state index in [2.05, 4.69) is 49.1 Å². The van der Waals surface area contributed by atoms with Crippen molar-refractivity contribution in [2.24, 2.45) is 0 Å². The lowest BCUT2D eigenvalue weighted by Gasteiger charge is -2.37. The number of hydrogen-bond acceptors (Lipinski definition) is 8. The molecule has 2 fully saturated rings. The Balaban J connectivity index is 1.35. The van der Waals surface area contributed by atoms with Crippen molar-refractivity contribution in [2.45, 2.75) is 103 Å². The van der Waals surface area contributed by atoms with Gasteiger partial charge in [-0.25, -0.2) is 0 Å². The number of halogens is 1. The number of rotatable bonds is 11. The maximum atomic E-state index is 15.2. The molecule has 0 aliphatic carbocycles. The number of benzene rings is 2. The summed E-state index contributed by atoms with van der Waals surface area (Å²) in [6.45, 7) is 16.3. The van der Waals surface area contributed by atoms with Gasteiger partial charge >= 0.3 is 6.08 Å². The van der Waals surface area contributed by atoms with Gasteiger partial charge in [-0.05, 0) is 43.1 Å². The van der Waals surface area contributed by atoms with Crippen molar-refractivity contribution in [3.8, 4) is 5.88 Å². The van der Waals surface area contributed by atoms with E-state index < -0.39 is 20.2 Å². The van der Waals surface area contributed by atoms with E-state index in [-0.39, 0.29) is 48.5 Å². The van der Waals surface area contributed by atoms with E-state index in [0.717, 1.165) is 16.7 Å². The van der Waals surface area contributed by atoms with Crippen molar-refractivity contribution in [2.75, 3.05) is 6.61 Å². The molecular formula is C35H45FN4O5Si. The second kappa shape index (κ2) is 12.8. The van der Waals surface area contributed by atoms with Crippen LogP contribution in [0.5, 0.6) is 5.88 Å². The van der Waals surface area contributed by atoms with Gasteiger partial charge in [-0.1, -0.05) is 81.4 Å². The summed E-state index contributed by atoms with van der Waals surface area (Å²) in [6, 6.07) is 19.2. The first-order chi connectivity index (χ1) is 21.8. The Bertz CT molecular complexity index is 1640. The number of ether oxygens (including phenoxy) is 4. The van der Waals surface area contributed by atoms with Gasteiger partial charge in [-0.3, -0.25) is 0 Å². The molecule has 2 aromatic carbocycles. The van der Waals surface area contributed by atoms with Crippen LogP contribution in [0.2, 0.25) is 18.1 Å². The van der Waals surface area contributed by atoms with Gasteiger partial charge in [-0.2, -0.15) is 14.4 Å². The summed E-state index contributed by atoms with van der Waals surface area (Å²) in [5, 5.41) is 3.79. The van der Waals surface area contributed by atoms with Gasteiger partial charge in [0.25, 0.3) is 0 Å². The first kappa shape index (κ1) is 32.7. The molecule has 0 radical (unpaired) electrons. The van der Waals surface area contributed by atoms with Gasteiger partial charge in [0.15, 0.2) is 14.1 Å². The predicted molar refractivity (Wildman–Crippen MR) is 176 cm³/mol. The van der Waals surface area contributed by atoms with Crippen LogP contribution >= 0.6 is 0 Å². The van der Waals surface area contributed by atoms with Crippen molar-refractivity contribution in [1.29, 1.82) is 0 Å². The molecule has 11 heteroatoms. The standard InChI is InChI=1S/C35H45FN4O5Si/c1-34(2,3)46(6,7)43-21-26-30-31(45-35(4,5)44-30)28(37-26)25-18-40(22-41-19-23-14-10-8-11-15-23)29-27(25)38-33(36)39-32(29)42-20-24-16-12-9-13-17-24/h8-18,26,28,30-31,37H,19-22H2,1-7H3. The molecule has 4 unspecified atom stereocenters. The summed E-state index contributed by atoms with van der Waals surface area (Å²) in [5.74, 6) is -0.635. The SMILES string of the molecule is CC1(C)OC2C(CO[Si](C)(C)C(C)(C)C)NC(c3cn(COCc4ccccc4)c4c(OCc5ccccc5)nc(F)nc34)C2O1. The van der Waals surface area contributed by atoms with Crippen LogP contribution in [0.1, 0.15) is 57.4 Å². The van der Waals surface area contributed by atoms with Gasteiger partial charge < -0.3 is 33.3 Å². The lowest BCUT2D eigenvalue weighted by atomic mass is 10.0. The van der Waals surface area contributed by atoms with E-state index in [9.17, 15) is 0 Å². The minimum Gasteiger partial charge on any atom is -0.471 e. The lowest BCUT2D eigenvalue weighted by Crippen LogP contribution is -2.47. The zero-order valence-electron chi connectivity index (χ0n) is 27.7. The number of nitrogens with one attached hydrogen (secondary N) is 1. The highest BCUT2D eigenvalue weighted by Crippen LogP contribution is 2.45. The molecule has 0 amide bonds. The molecule has 2 aromatic heterocycles. The van der Waals surface area contributed by atoms with E-state index in [1.807, 2.05) is 85.3 Å². The van der Waals surface area contributed by atoms with Gasteiger partial charge in [0.05, 0.1) is 25.3 Å². The fourth-order valence-electron chi connectivity index (χ4n) is 5.88. The van der Waals surface area contributed by atoms with Crippen LogP contribution in [-0.4, -0.2) is 53.5 Å². The molecule has 4 aromatic rings. The average Bonchev–Trinajstić information content (AvgIpc) is 3.63. The van der Waals surface area contributed by atoms with E-state index in [1.165, 1.54) is 0 Å². The second-order valence-electron chi connectivity index (χ2n) is 14.2. The first-order valence-corrected chi connectivity index (χ1v) is 18.8. The normalized spacial score (nSPS) is 22.8. The van der Waals surface area contributed by atoms with Gasteiger partial charge in [0.1, 0.15) is 36.6 Å². The Hall–Kier alpha value is -3.19. The first-order valence-electron chi connectivity index (χ1n) is 15.9. The van der Waals surface area contributed by atoms with Crippen LogP contribution in [0, 0.1) is 6.08 Å². The molecule has 2 saturated heterocycles. The molecule has 6 rings (SSSR count). The van der Waals surface area contributed by atoms with Crippen LogP contribution in [0.25, 0.3) is 11.0 Å². The van der Waals surface area contributed by atoms with Crippen LogP contribution < -0.4 is 10.1 Å². The molecule has 9 nitrogen and oxygen atoms in total. The molecule has 0 bridgehead atoms. The van der Waals surface area contributed by atoms with Crippen LogP contribution in [0.3, 0.4) is 0 Å². The minimum absolute atomic E-state index is 0.0640. The summed E-state index contributed by atoms with van der Waals surface area (Å²) in [6.07, 6.45) is 0.465. The fourth-order valence-corrected chi connectivity index (χ4v) is 6.91. The van der Waals surface area contributed by atoms with Crippen molar-refractivity contribution < 1.29 is 27.8 Å². The maximum Gasteiger partial charge on any atom is 0.312 e. The van der Waals surface area contributed by atoms with E-state index in [1.54, 1.807) is 0 Å². The average molecular weight is 649 g/mol. The quantitative estimate of drug-likeness (QED) is 0.139. The Morgan fingerprint density at radius 2 is 1.57 bits per heavy atom. The largest absolute Gasteiger partial charge is 0.471 e. The second-order valence-corrected chi connectivity index (χ2v) is 19.0. The predicted octanol–water partition coefficient (Wildman–Crippen LogP) is 6.88. The summed E-state index contributed by atoms with van der Waals surface area (Å²) in [4.78, 5) is 8.42. The molecular weight excluding hydrogens is 603 g/mol.